The lowest BCUT2D eigenvalue weighted by Crippen LogP contribution is -2.13. The first-order valence-corrected chi connectivity index (χ1v) is 8.29. The van der Waals surface area contributed by atoms with E-state index in [2.05, 4.69) is 21.7 Å². The third-order valence-electron chi connectivity index (χ3n) is 4.05. The Labute approximate surface area is 118 Å². The zero-order chi connectivity index (χ0) is 13.4. The fraction of sp³-hybridized carbons (Fsp3) is 0.786. The molecule has 5 heteroatoms. The van der Waals surface area contributed by atoms with Gasteiger partial charge in [-0.2, -0.15) is 0 Å². The molecule has 1 aromatic heterocycles. The second-order valence-electron chi connectivity index (χ2n) is 5.78. The molecule has 1 aromatic rings. The minimum absolute atomic E-state index is 0.160. The van der Waals surface area contributed by atoms with Crippen LogP contribution in [0.25, 0.3) is 0 Å². The van der Waals surface area contributed by atoms with Crippen LogP contribution in [-0.4, -0.2) is 26.3 Å². The number of thioether (sulfide) groups is 1. The van der Waals surface area contributed by atoms with Gasteiger partial charge < -0.3 is 4.57 Å². The van der Waals surface area contributed by atoms with Crippen molar-refractivity contribution >= 4 is 17.5 Å². The van der Waals surface area contributed by atoms with Gasteiger partial charge in [0.05, 0.1) is 5.75 Å². The molecule has 0 radical (unpaired) electrons. The van der Waals surface area contributed by atoms with E-state index in [4.69, 9.17) is 0 Å². The highest BCUT2D eigenvalue weighted by molar-refractivity contribution is 7.99. The molecule has 0 amide bonds. The van der Waals surface area contributed by atoms with Crippen LogP contribution in [0.4, 0.5) is 0 Å². The largest absolute Gasteiger partial charge is 0.303 e. The summed E-state index contributed by atoms with van der Waals surface area (Å²) in [5.74, 6) is 2.82. The molecule has 4 nitrogen and oxygen atoms in total. The molecule has 3 rings (SSSR count). The van der Waals surface area contributed by atoms with Gasteiger partial charge in [-0.25, -0.2) is 0 Å². The summed E-state index contributed by atoms with van der Waals surface area (Å²) >= 11 is 1.57. The maximum Gasteiger partial charge on any atom is 0.191 e. The number of carbonyl (C=O) groups excluding carboxylic acids is 1. The summed E-state index contributed by atoms with van der Waals surface area (Å²) in [6.45, 7) is 4.06. The quantitative estimate of drug-likeness (QED) is 0.719. The normalized spacial score (nSPS) is 20.5. The molecule has 0 saturated heterocycles. The van der Waals surface area contributed by atoms with Crippen molar-refractivity contribution in [1.82, 2.24) is 14.8 Å². The average molecular weight is 279 g/mol. The van der Waals surface area contributed by atoms with E-state index in [1.54, 1.807) is 11.8 Å². The van der Waals surface area contributed by atoms with E-state index in [1.807, 2.05) is 6.92 Å². The fourth-order valence-corrected chi connectivity index (χ4v) is 3.22. The number of hydrogen-bond acceptors (Lipinski definition) is 4. The molecule has 0 bridgehead atoms. The van der Waals surface area contributed by atoms with Crippen LogP contribution in [-0.2, 0) is 4.79 Å². The van der Waals surface area contributed by atoms with Crippen LogP contribution in [0.1, 0.15) is 63.7 Å². The molecular weight excluding hydrogens is 258 g/mol. The summed E-state index contributed by atoms with van der Waals surface area (Å²) in [7, 11) is 0. The highest BCUT2D eigenvalue weighted by atomic mass is 32.2. The van der Waals surface area contributed by atoms with Gasteiger partial charge in [0.15, 0.2) is 5.16 Å². The number of hydrogen-bond donors (Lipinski definition) is 0. The van der Waals surface area contributed by atoms with Crippen molar-refractivity contribution in [3.05, 3.63) is 5.82 Å². The highest BCUT2D eigenvalue weighted by Gasteiger charge is 2.36. The van der Waals surface area contributed by atoms with Gasteiger partial charge in [-0.05, 0) is 32.1 Å². The number of aromatic nitrogens is 3. The average Bonchev–Trinajstić information content (AvgIpc) is 3.33. The second kappa shape index (κ2) is 5.27. The van der Waals surface area contributed by atoms with Crippen LogP contribution in [0.3, 0.4) is 0 Å². The number of Topliss-reactive ketones (excluding diaryl/α,β-unsaturated/α-hetero) is 1. The van der Waals surface area contributed by atoms with Gasteiger partial charge in [0, 0.05) is 17.9 Å². The molecule has 0 spiro atoms. The first-order chi connectivity index (χ1) is 9.20. The van der Waals surface area contributed by atoms with Crippen molar-refractivity contribution in [3.8, 4) is 0 Å². The topological polar surface area (TPSA) is 47.8 Å². The summed E-state index contributed by atoms with van der Waals surface area (Å²) in [6.07, 6.45) is 5.90. The zero-order valence-corrected chi connectivity index (χ0v) is 12.4. The minimum atomic E-state index is 0.160. The summed E-state index contributed by atoms with van der Waals surface area (Å²) in [6, 6.07) is 0.604. The third-order valence-corrected chi connectivity index (χ3v) is 5.02. The summed E-state index contributed by atoms with van der Waals surface area (Å²) in [5, 5.41) is 9.64. The van der Waals surface area contributed by atoms with E-state index in [9.17, 15) is 4.79 Å². The predicted molar refractivity (Wildman–Crippen MR) is 75.5 cm³/mol. The van der Waals surface area contributed by atoms with Crippen LogP contribution in [0.15, 0.2) is 5.16 Å². The molecular formula is C14H21N3OS. The minimum Gasteiger partial charge on any atom is -0.303 e. The molecule has 1 unspecified atom stereocenters. The molecule has 1 atom stereocenters. The maximum atomic E-state index is 11.9. The smallest absolute Gasteiger partial charge is 0.191 e. The first kappa shape index (κ1) is 13.2. The highest BCUT2D eigenvalue weighted by Crippen LogP contribution is 2.45. The summed E-state index contributed by atoms with van der Waals surface area (Å²) in [5.41, 5.74) is 0. The van der Waals surface area contributed by atoms with Crippen molar-refractivity contribution in [3.63, 3.8) is 0 Å². The molecule has 2 aliphatic carbocycles. The van der Waals surface area contributed by atoms with Crippen molar-refractivity contribution < 1.29 is 4.79 Å². The Morgan fingerprint density at radius 2 is 2.11 bits per heavy atom. The molecule has 2 fully saturated rings. The Morgan fingerprint density at radius 1 is 1.37 bits per heavy atom. The van der Waals surface area contributed by atoms with Gasteiger partial charge in [-0.1, -0.05) is 25.6 Å². The molecule has 2 saturated carbocycles. The fourth-order valence-electron chi connectivity index (χ4n) is 2.19. The van der Waals surface area contributed by atoms with Crippen LogP contribution in [0.5, 0.6) is 0 Å². The Bertz CT molecular complexity index is 477. The van der Waals surface area contributed by atoms with E-state index in [-0.39, 0.29) is 5.92 Å². The molecule has 1 heterocycles. The molecule has 19 heavy (non-hydrogen) atoms. The van der Waals surface area contributed by atoms with Gasteiger partial charge in [-0.3, -0.25) is 4.79 Å². The van der Waals surface area contributed by atoms with E-state index in [1.165, 1.54) is 31.5 Å². The molecule has 0 aromatic carbocycles. The van der Waals surface area contributed by atoms with Gasteiger partial charge in [0.25, 0.3) is 0 Å². The van der Waals surface area contributed by atoms with Crippen LogP contribution in [0.2, 0.25) is 0 Å². The van der Waals surface area contributed by atoms with Gasteiger partial charge >= 0.3 is 0 Å². The first-order valence-electron chi connectivity index (χ1n) is 7.31. The summed E-state index contributed by atoms with van der Waals surface area (Å²) < 4.78 is 2.31. The Morgan fingerprint density at radius 3 is 2.68 bits per heavy atom. The van der Waals surface area contributed by atoms with Crippen molar-refractivity contribution in [2.24, 2.45) is 5.92 Å². The summed E-state index contributed by atoms with van der Waals surface area (Å²) in [4.78, 5) is 11.9. The number of rotatable bonds is 7. The van der Waals surface area contributed by atoms with E-state index in [0.29, 0.717) is 23.5 Å². The SMILES string of the molecule is CCC(C)C(=O)CSc1nnc(C2CC2)n1C1CC1. The lowest BCUT2D eigenvalue weighted by molar-refractivity contribution is -0.119. The molecule has 104 valence electrons. The van der Waals surface area contributed by atoms with E-state index in [0.717, 1.165) is 11.6 Å². The van der Waals surface area contributed by atoms with Crippen molar-refractivity contribution in [2.75, 3.05) is 5.75 Å². The molecule has 0 aliphatic heterocycles. The molecule has 0 N–H and O–H groups in total. The Hall–Kier alpha value is -0.840. The predicted octanol–water partition coefficient (Wildman–Crippen LogP) is 3.20. The number of nitrogens with zero attached hydrogens (tertiary/aromatic N) is 3. The Kier molecular flexibility index (Phi) is 3.65. The lowest BCUT2D eigenvalue weighted by Gasteiger charge is -2.09. The van der Waals surface area contributed by atoms with Crippen molar-refractivity contribution in [2.45, 2.75) is 63.1 Å². The number of carbonyl (C=O) groups is 1. The van der Waals surface area contributed by atoms with E-state index < -0.39 is 0 Å². The standard InChI is InChI=1S/C14H21N3OS/c1-3-9(2)12(18)8-19-14-16-15-13(10-4-5-10)17(14)11-6-7-11/h9-11H,3-8H2,1-2H3. The second-order valence-corrected chi connectivity index (χ2v) is 6.72. The zero-order valence-electron chi connectivity index (χ0n) is 11.6. The van der Waals surface area contributed by atoms with Crippen LogP contribution < -0.4 is 0 Å². The van der Waals surface area contributed by atoms with Gasteiger partial charge in [0.1, 0.15) is 11.6 Å². The monoisotopic (exact) mass is 279 g/mol. The van der Waals surface area contributed by atoms with Crippen LogP contribution >= 0.6 is 11.8 Å². The van der Waals surface area contributed by atoms with E-state index >= 15 is 0 Å². The van der Waals surface area contributed by atoms with Gasteiger partial charge in [0.2, 0.25) is 0 Å². The van der Waals surface area contributed by atoms with Gasteiger partial charge in [-0.15, -0.1) is 10.2 Å². The van der Waals surface area contributed by atoms with Crippen LogP contribution in [0, 0.1) is 5.92 Å². The third kappa shape index (κ3) is 2.86. The molecule has 2 aliphatic rings. The maximum absolute atomic E-state index is 11.9. The lowest BCUT2D eigenvalue weighted by atomic mass is 10.1. The number of ketones is 1. The van der Waals surface area contributed by atoms with Crippen molar-refractivity contribution in [1.29, 1.82) is 0 Å². The Balaban J connectivity index is 1.69.